The lowest BCUT2D eigenvalue weighted by Crippen LogP contribution is -2.34. The summed E-state index contributed by atoms with van der Waals surface area (Å²) in [7, 11) is -3.20. The van der Waals surface area contributed by atoms with Gasteiger partial charge in [-0.1, -0.05) is 6.92 Å². The molecule has 1 aliphatic rings. The minimum atomic E-state index is -3.20. The number of H-pyrrole nitrogens is 1. The number of sulfonamides is 1. The Balaban J connectivity index is 1.44. The van der Waals surface area contributed by atoms with E-state index in [2.05, 4.69) is 25.8 Å². The Hall–Kier alpha value is -2.46. The van der Waals surface area contributed by atoms with Gasteiger partial charge in [0.1, 0.15) is 5.82 Å². The van der Waals surface area contributed by atoms with Crippen molar-refractivity contribution >= 4 is 21.7 Å². The summed E-state index contributed by atoms with van der Waals surface area (Å²) in [6.07, 6.45) is 4.06. The Bertz CT molecular complexity index is 906. The molecule has 3 rings (SSSR count). The highest BCUT2D eigenvalue weighted by Crippen LogP contribution is 2.38. The molecule has 0 aliphatic heterocycles. The third-order valence-corrected chi connectivity index (χ3v) is 5.94. The van der Waals surface area contributed by atoms with Gasteiger partial charge in [-0.05, 0) is 43.5 Å². The Morgan fingerprint density at radius 1 is 1.29 bits per heavy atom. The van der Waals surface area contributed by atoms with Crippen molar-refractivity contribution in [3.63, 3.8) is 0 Å². The quantitative estimate of drug-likeness (QED) is 0.551. The van der Waals surface area contributed by atoms with Crippen molar-refractivity contribution in [1.29, 1.82) is 0 Å². The molecule has 1 saturated carbocycles. The predicted molar refractivity (Wildman–Crippen MR) is 108 cm³/mol. The van der Waals surface area contributed by atoms with Crippen LogP contribution in [0.15, 0.2) is 24.3 Å². The van der Waals surface area contributed by atoms with Gasteiger partial charge in [0.15, 0.2) is 5.82 Å². The van der Waals surface area contributed by atoms with Crippen molar-refractivity contribution in [2.45, 2.75) is 32.1 Å². The van der Waals surface area contributed by atoms with E-state index in [0.717, 1.165) is 24.2 Å². The summed E-state index contributed by atoms with van der Waals surface area (Å²) in [4.78, 5) is 16.5. The molecule has 1 heterocycles. The van der Waals surface area contributed by atoms with Gasteiger partial charge in [0, 0.05) is 36.8 Å². The van der Waals surface area contributed by atoms with Gasteiger partial charge in [-0.15, -0.1) is 0 Å². The molecule has 0 unspecified atom stereocenters. The second kappa shape index (κ2) is 8.70. The van der Waals surface area contributed by atoms with Crippen molar-refractivity contribution in [3.8, 4) is 11.4 Å². The molecule has 9 nitrogen and oxygen atoms in total. The summed E-state index contributed by atoms with van der Waals surface area (Å²) in [5.41, 5.74) is 1.54. The Labute approximate surface area is 165 Å². The second-order valence-electron chi connectivity index (χ2n) is 6.88. The maximum atomic E-state index is 12.0. The number of amides is 2. The van der Waals surface area contributed by atoms with Gasteiger partial charge < -0.3 is 10.6 Å². The molecule has 2 aromatic rings. The van der Waals surface area contributed by atoms with E-state index in [1.165, 1.54) is 10.6 Å². The molecule has 10 heteroatoms. The monoisotopic (exact) mass is 406 g/mol. The normalized spacial score (nSPS) is 14.2. The first-order chi connectivity index (χ1) is 13.4. The van der Waals surface area contributed by atoms with Gasteiger partial charge in [0.2, 0.25) is 10.0 Å². The number of hydrogen-bond donors (Lipinski definition) is 3. The number of hydrogen-bond acceptors (Lipinski definition) is 5. The van der Waals surface area contributed by atoms with E-state index in [0.29, 0.717) is 43.5 Å². The molecule has 0 spiro atoms. The maximum absolute atomic E-state index is 12.0. The van der Waals surface area contributed by atoms with Crippen LogP contribution in [0, 0.1) is 0 Å². The first kappa shape index (κ1) is 20.3. The molecule has 0 radical (unpaired) electrons. The van der Waals surface area contributed by atoms with E-state index < -0.39 is 10.0 Å². The molecule has 1 aromatic heterocycles. The highest BCUT2D eigenvalue weighted by molar-refractivity contribution is 7.88. The highest BCUT2D eigenvalue weighted by atomic mass is 32.2. The number of aromatic amines is 1. The van der Waals surface area contributed by atoms with Gasteiger partial charge >= 0.3 is 6.03 Å². The summed E-state index contributed by atoms with van der Waals surface area (Å²) in [6.45, 7) is 2.97. The molecule has 3 N–H and O–H groups in total. The van der Waals surface area contributed by atoms with Gasteiger partial charge in [-0.3, -0.25) is 5.10 Å². The summed E-state index contributed by atoms with van der Waals surface area (Å²) < 4.78 is 24.4. The van der Waals surface area contributed by atoms with E-state index >= 15 is 0 Å². The molecular weight excluding hydrogens is 380 g/mol. The summed E-state index contributed by atoms with van der Waals surface area (Å²) in [5.74, 6) is 2.12. The summed E-state index contributed by atoms with van der Waals surface area (Å²) in [5, 5.41) is 12.7. The molecule has 1 aliphatic carbocycles. The van der Waals surface area contributed by atoms with Crippen LogP contribution in [0.3, 0.4) is 0 Å². The molecule has 0 bridgehead atoms. The van der Waals surface area contributed by atoms with Crippen LogP contribution < -0.4 is 10.6 Å². The molecule has 152 valence electrons. The molecule has 1 fully saturated rings. The van der Waals surface area contributed by atoms with E-state index in [4.69, 9.17) is 0 Å². The fourth-order valence-corrected chi connectivity index (χ4v) is 3.77. The van der Waals surface area contributed by atoms with Crippen molar-refractivity contribution in [2.24, 2.45) is 0 Å². The highest BCUT2D eigenvalue weighted by Gasteiger charge is 2.27. The van der Waals surface area contributed by atoms with Crippen LogP contribution in [0.2, 0.25) is 0 Å². The van der Waals surface area contributed by atoms with E-state index in [1.807, 2.05) is 12.1 Å². The number of anilines is 1. The van der Waals surface area contributed by atoms with Crippen LogP contribution in [-0.2, 0) is 10.0 Å². The average Bonchev–Trinajstić information content (AvgIpc) is 3.38. The number of carbonyl (C=O) groups is 1. The summed E-state index contributed by atoms with van der Waals surface area (Å²) in [6, 6.07) is 6.99. The first-order valence-corrected chi connectivity index (χ1v) is 11.2. The van der Waals surface area contributed by atoms with Crippen molar-refractivity contribution in [2.75, 3.05) is 31.2 Å². The minimum Gasteiger partial charge on any atom is -0.338 e. The summed E-state index contributed by atoms with van der Waals surface area (Å²) >= 11 is 0. The third kappa shape index (κ3) is 5.52. The van der Waals surface area contributed by atoms with Crippen LogP contribution >= 0.6 is 0 Å². The van der Waals surface area contributed by atoms with Crippen LogP contribution in [-0.4, -0.2) is 59.8 Å². The topological polar surface area (TPSA) is 120 Å². The molecule has 2 amide bonds. The zero-order valence-electron chi connectivity index (χ0n) is 16.1. The maximum Gasteiger partial charge on any atom is 0.319 e. The zero-order valence-corrected chi connectivity index (χ0v) is 16.9. The van der Waals surface area contributed by atoms with Crippen molar-refractivity contribution in [1.82, 2.24) is 24.8 Å². The lowest BCUT2D eigenvalue weighted by Gasteiger charge is -2.17. The zero-order chi connectivity index (χ0) is 20.1. The van der Waals surface area contributed by atoms with E-state index in [9.17, 15) is 13.2 Å². The number of nitrogens with one attached hydrogen (secondary N) is 3. The molecule has 28 heavy (non-hydrogen) atoms. The fourth-order valence-electron chi connectivity index (χ4n) is 2.84. The Morgan fingerprint density at radius 2 is 2.00 bits per heavy atom. The standard InChI is InChI=1S/C18H26N6O3S/c1-3-24(28(2,26)27)12-4-11-19-18(25)20-15-9-7-14(8-10-15)17-21-16(22-23-17)13-5-6-13/h7-10,13H,3-6,11-12H2,1-2H3,(H2,19,20,25)(H,21,22,23). The van der Waals surface area contributed by atoms with Crippen molar-refractivity contribution in [3.05, 3.63) is 30.1 Å². The smallest absolute Gasteiger partial charge is 0.319 e. The second-order valence-corrected chi connectivity index (χ2v) is 8.87. The molecule has 1 aromatic carbocycles. The number of aromatic nitrogens is 3. The fraction of sp³-hybridized carbons (Fsp3) is 0.500. The minimum absolute atomic E-state index is 0.330. The molecule has 0 saturated heterocycles. The largest absolute Gasteiger partial charge is 0.338 e. The van der Waals surface area contributed by atoms with E-state index in [1.54, 1.807) is 19.1 Å². The predicted octanol–water partition coefficient (Wildman–Crippen LogP) is 2.14. The number of nitrogens with zero attached hydrogens (tertiary/aromatic N) is 3. The molecule has 0 atom stereocenters. The first-order valence-electron chi connectivity index (χ1n) is 9.39. The lowest BCUT2D eigenvalue weighted by atomic mass is 10.2. The lowest BCUT2D eigenvalue weighted by molar-refractivity contribution is 0.251. The van der Waals surface area contributed by atoms with Gasteiger partial charge in [0.05, 0.1) is 6.26 Å². The van der Waals surface area contributed by atoms with Crippen molar-refractivity contribution < 1.29 is 13.2 Å². The Morgan fingerprint density at radius 3 is 2.61 bits per heavy atom. The number of benzene rings is 1. The SMILES string of the molecule is CCN(CCCNC(=O)Nc1ccc(-c2n[nH]c(C3CC3)n2)cc1)S(C)(=O)=O. The number of urea groups is 1. The van der Waals surface area contributed by atoms with Gasteiger partial charge in [0.25, 0.3) is 0 Å². The molecular formula is C18H26N6O3S. The average molecular weight is 407 g/mol. The van der Waals surface area contributed by atoms with Gasteiger partial charge in [-0.2, -0.15) is 5.10 Å². The van der Waals surface area contributed by atoms with E-state index in [-0.39, 0.29) is 6.03 Å². The van der Waals surface area contributed by atoms with Crippen LogP contribution in [0.5, 0.6) is 0 Å². The van der Waals surface area contributed by atoms with Gasteiger partial charge in [-0.25, -0.2) is 22.5 Å². The Kier molecular flexibility index (Phi) is 6.30. The van der Waals surface area contributed by atoms with Crippen LogP contribution in [0.1, 0.15) is 37.9 Å². The number of carbonyl (C=O) groups excluding carboxylic acids is 1. The third-order valence-electron chi connectivity index (χ3n) is 4.56. The van der Waals surface area contributed by atoms with Crippen LogP contribution in [0.4, 0.5) is 10.5 Å². The number of rotatable bonds is 9. The van der Waals surface area contributed by atoms with Crippen LogP contribution in [0.25, 0.3) is 11.4 Å².